The van der Waals surface area contributed by atoms with Crippen molar-refractivity contribution in [2.45, 2.75) is 71.7 Å². The highest BCUT2D eigenvalue weighted by Gasteiger charge is 2.36. The number of carbonyl (C=O) groups excluding carboxylic acids is 1. The van der Waals surface area contributed by atoms with Crippen LogP contribution in [0.2, 0.25) is 0 Å². The van der Waals surface area contributed by atoms with E-state index in [1.807, 2.05) is 20.8 Å². The molecule has 0 fully saturated rings. The molecule has 1 aromatic heterocycles. The molecular formula is C20H35O6PS. The first kappa shape index (κ1) is 25.3. The monoisotopic (exact) mass is 434 g/mol. The van der Waals surface area contributed by atoms with Gasteiger partial charge in [-0.3, -0.25) is 4.57 Å². The predicted molar refractivity (Wildman–Crippen MR) is 114 cm³/mol. The highest BCUT2D eigenvalue weighted by Crippen LogP contribution is 2.53. The molecule has 0 aliphatic rings. The summed E-state index contributed by atoms with van der Waals surface area (Å²) in [5, 5.41) is 0. The summed E-state index contributed by atoms with van der Waals surface area (Å²) < 4.78 is 35.1. The van der Waals surface area contributed by atoms with Crippen LogP contribution in [0, 0.1) is 0 Å². The van der Waals surface area contributed by atoms with Crippen LogP contribution in [-0.4, -0.2) is 32.0 Å². The summed E-state index contributed by atoms with van der Waals surface area (Å²) in [7, 11) is -2.09. The van der Waals surface area contributed by atoms with Gasteiger partial charge in [-0.1, -0.05) is 34.1 Å². The molecule has 0 spiro atoms. The highest BCUT2D eigenvalue weighted by atomic mass is 32.2. The van der Waals surface area contributed by atoms with E-state index in [0.717, 1.165) is 24.2 Å². The first-order valence-electron chi connectivity index (χ1n) is 9.82. The second-order valence-corrected chi connectivity index (χ2v) is 10.6. The minimum atomic E-state index is -3.41. The fourth-order valence-corrected chi connectivity index (χ4v) is 5.73. The lowest BCUT2D eigenvalue weighted by Gasteiger charge is -2.19. The minimum Gasteiger partial charge on any atom is -0.463 e. The minimum absolute atomic E-state index is 0.0115. The standard InChI is InChI=1S/C20H35O6PS/c1-8-11-12-28-14-16-15(13-27(22,24-9-2)25-10-3)17(19(21)23-7)26-18(16)20(4,5)6/h8-14H2,1-7H3. The Hall–Kier alpha value is -0.750. The predicted octanol–water partition coefficient (Wildman–Crippen LogP) is 6.16. The normalized spacial score (nSPS) is 12.4. The zero-order valence-corrected chi connectivity index (χ0v) is 20.0. The van der Waals surface area contributed by atoms with E-state index in [1.54, 1.807) is 25.6 Å². The van der Waals surface area contributed by atoms with Crippen LogP contribution in [0.1, 0.15) is 81.8 Å². The molecule has 1 heterocycles. The molecule has 0 radical (unpaired) electrons. The van der Waals surface area contributed by atoms with E-state index in [4.69, 9.17) is 18.2 Å². The lowest BCUT2D eigenvalue weighted by molar-refractivity contribution is 0.0560. The molecule has 0 saturated heterocycles. The average molecular weight is 435 g/mol. The molecule has 0 N–H and O–H groups in total. The number of ether oxygens (including phenoxy) is 1. The number of furan rings is 1. The molecule has 0 unspecified atom stereocenters. The topological polar surface area (TPSA) is 75.0 Å². The van der Waals surface area contributed by atoms with Crippen LogP contribution >= 0.6 is 19.4 Å². The van der Waals surface area contributed by atoms with Gasteiger partial charge in [-0.25, -0.2) is 4.79 Å². The Labute approximate surface area is 173 Å². The van der Waals surface area contributed by atoms with Crippen LogP contribution < -0.4 is 0 Å². The average Bonchev–Trinajstić information content (AvgIpc) is 2.96. The largest absolute Gasteiger partial charge is 0.463 e. The first-order valence-corrected chi connectivity index (χ1v) is 12.7. The number of carbonyl (C=O) groups is 1. The molecule has 0 atom stereocenters. The van der Waals surface area contributed by atoms with E-state index in [0.29, 0.717) is 17.1 Å². The van der Waals surface area contributed by atoms with Crippen LogP contribution in [0.4, 0.5) is 0 Å². The molecule has 1 aromatic rings. The maximum absolute atomic E-state index is 13.2. The fraction of sp³-hybridized carbons (Fsp3) is 0.750. The maximum atomic E-state index is 13.2. The Balaban J connectivity index is 3.47. The van der Waals surface area contributed by atoms with Crippen molar-refractivity contribution in [1.29, 1.82) is 0 Å². The van der Waals surface area contributed by atoms with E-state index < -0.39 is 13.6 Å². The Kier molecular flexibility index (Phi) is 10.3. The van der Waals surface area contributed by atoms with Crippen LogP contribution in [0.5, 0.6) is 0 Å². The van der Waals surface area contributed by atoms with Gasteiger partial charge in [0.25, 0.3) is 0 Å². The first-order chi connectivity index (χ1) is 13.1. The van der Waals surface area contributed by atoms with Crippen molar-refractivity contribution >= 4 is 25.3 Å². The number of hydrogen-bond acceptors (Lipinski definition) is 7. The lowest BCUT2D eigenvalue weighted by Crippen LogP contribution is -2.13. The second-order valence-electron chi connectivity index (χ2n) is 7.47. The van der Waals surface area contributed by atoms with Crippen LogP contribution in [0.15, 0.2) is 4.42 Å². The molecule has 0 bridgehead atoms. The lowest BCUT2D eigenvalue weighted by atomic mass is 9.90. The van der Waals surface area contributed by atoms with Gasteiger partial charge in [0.1, 0.15) is 5.76 Å². The molecule has 1 rings (SSSR count). The number of unbranched alkanes of at least 4 members (excludes halogenated alkanes) is 1. The highest BCUT2D eigenvalue weighted by molar-refractivity contribution is 7.98. The van der Waals surface area contributed by atoms with E-state index in [2.05, 4.69) is 6.92 Å². The smallest absolute Gasteiger partial charge is 0.374 e. The number of rotatable bonds is 12. The molecule has 0 aromatic carbocycles. The van der Waals surface area contributed by atoms with Gasteiger partial charge in [0.15, 0.2) is 0 Å². The zero-order chi connectivity index (χ0) is 21.4. The van der Waals surface area contributed by atoms with Gasteiger partial charge in [0.05, 0.1) is 26.5 Å². The SMILES string of the molecule is CCCCSCc1c(C(C)(C)C)oc(C(=O)OC)c1CP(=O)(OCC)OCC. The summed E-state index contributed by atoms with van der Waals surface area (Å²) in [5.74, 6) is 1.91. The zero-order valence-electron chi connectivity index (χ0n) is 18.3. The van der Waals surface area contributed by atoms with Gasteiger partial charge in [-0.05, 0) is 26.0 Å². The molecule has 6 nitrogen and oxygen atoms in total. The number of thioether (sulfide) groups is 1. The Morgan fingerprint density at radius 1 is 1.11 bits per heavy atom. The van der Waals surface area contributed by atoms with Gasteiger partial charge < -0.3 is 18.2 Å². The maximum Gasteiger partial charge on any atom is 0.374 e. The van der Waals surface area contributed by atoms with Crippen LogP contribution in [0.25, 0.3) is 0 Å². The summed E-state index contributed by atoms with van der Waals surface area (Å²) in [5.41, 5.74) is 1.16. The van der Waals surface area contributed by atoms with Crippen molar-refractivity contribution in [2.75, 3.05) is 26.1 Å². The van der Waals surface area contributed by atoms with Crippen molar-refractivity contribution in [3.05, 3.63) is 22.6 Å². The molecule has 8 heteroatoms. The molecule has 28 heavy (non-hydrogen) atoms. The number of hydrogen-bond donors (Lipinski definition) is 0. The van der Waals surface area contributed by atoms with Crippen molar-refractivity contribution in [3.8, 4) is 0 Å². The molecule has 0 saturated carbocycles. The van der Waals surface area contributed by atoms with E-state index in [1.165, 1.54) is 7.11 Å². The third-order valence-electron chi connectivity index (χ3n) is 4.06. The molecule has 162 valence electrons. The van der Waals surface area contributed by atoms with E-state index >= 15 is 0 Å². The fourth-order valence-electron chi connectivity index (χ4n) is 2.82. The number of methoxy groups -OCH3 is 1. The van der Waals surface area contributed by atoms with Crippen LogP contribution in [0.3, 0.4) is 0 Å². The van der Waals surface area contributed by atoms with Crippen molar-refractivity contribution in [2.24, 2.45) is 0 Å². The number of esters is 1. The Bertz CT molecular complexity index is 667. The van der Waals surface area contributed by atoms with Crippen LogP contribution in [-0.2, 0) is 35.7 Å². The molecular weight excluding hydrogens is 399 g/mol. The van der Waals surface area contributed by atoms with Gasteiger partial charge in [0, 0.05) is 22.3 Å². The van der Waals surface area contributed by atoms with E-state index in [9.17, 15) is 9.36 Å². The Morgan fingerprint density at radius 3 is 2.18 bits per heavy atom. The summed E-state index contributed by atoms with van der Waals surface area (Å²) in [6.45, 7) is 12.3. The quantitative estimate of drug-likeness (QED) is 0.221. The molecule has 0 aliphatic carbocycles. The van der Waals surface area contributed by atoms with Gasteiger partial charge in [0.2, 0.25) is 5.76 Å². The second kappa shape index (κ2) is 11.4. The molecule has 0 amide bonds. The summed E-state index contributed by atoms with van der Waals surface area (Å²) >= 11 is 1.78. The van der Waals surface area contributed by atoms with Gasteiger partial charge in [-0.15, -0.1) is 0 Å². The third-order valence-corrected chi connectivity index (χ3v) is 7.14. The summed E-state index contributed by atoms with van der Waals surface area (Å²) in [4.78, 5) is 12.4. The Morgan fingerprint density at radius 2 is 1.71 bits per heavy atom. The van der Waals surface area contributed by atoms with E-state index in [-0.39, 0.29) is 30.6 Å². The summed E-state index contributed by atoms with van der Waals surface area (Å²) in [6, 6.07) is 0. The van der Waals surface area contributed by atoms with Crippen molar-refractivity contribution in [3.63, 3.8) is 0 Å². The van der Waals surface area contributed by atoms with Gasteiger partial charge in [-0.2, -0.15) is 11.8 Å². The molecule has 0 aliphatic heterocycles. The van der Waals surface area contributed by atoms with Gasteiger partial charge >= 0.3 is 13.6 Å². The van der Waals surface area contributed by atoms with Crippen molar-refractivity contribution < 1.29 is 27.6 Å². The third kappa shape index (κ3) is 6.94. The summed E-state index contributed by atoms with van der Waals surface area (Å²) in [6.07, 6.45) is 2.22. The van der Waals surface area contributed by atoms with Crippen molar-refractivity contribution in [1.82, 2.24) is 0 Å².